The number of carbonyl (C=O) groups excluding carboxylic acids is 1. The monoisotopic (exact) mass is 321 g/mol. The maximum absolute atomic E-state index is 13.4. The highest BCUT2D eigenvalue weighted by Crippen LogP contribution is 2.22. The molecule has 0 spiro atoms. The summed E-state index contributed by atoms with van der Waals surface area (Å²) in [7, 11) is 0. The Morgan fingerprint density at radius 2 is 1.65 bits per heavy atom. The van der Waals surface area contributed by atoms with E-state index in [1.807, 2.05) is 5.32 Å². The second kappa shape index (κ2) is 5.64. The Morgan fingerprint density at radius 3 is 2.25 bits per heavy atom. The molecule has 0 unspecified atom stereocenters. The van der Waals surface area contributed by atoms with Crippen molar-refractivity contribution in [3.05, 3.63) is 51.5 Å². The lowest BCUT2D eigenvalue weighted by Gasteiger charge is -2.08. The second-order valence-electron chi connectivity index (χ2n) is 3.57. The Labute approximate surface area is 120 Å². The van der Waals surface area contributed by atoms with E-state index < -0.39 is 29.0 Å². The molecular weight excluding hydrogens is 318 g/mol. The number of nitrogens with one attached hydrogen (secondary N) is 1. The minimum atomic E-state index is -1.26. The number of hydrogen-bond acceptors (Lipinski definition) is 3. The molecule has 2 rings (SSSR count). The smallest absolute Gasteiger partial charge is 0.259 e. The number of carbonyl (C=O) groups is 1. The second-order valence-corrected chi connectivity index (χ2v) is 4.32. The number of amides is 1. The Bertz CT molecular complexity index is 674. The summed E-state index contributed by atoms with van der Waals surface area (Å²) in [5.74, 6) is -4.60. The van der Waals surface area contributed by atoms with Crippen LogP contribution < -0.4 is 5.32 Å². The normalized spacial score (nSPS) is 10.4. The van der Waals surface area contributed by atoms with Gasteiger partial charge in [0.15, 0.2) is 21.9 Å². The molecule has 0 aliphatic heterocycles. The fourth-order valence-electron chi connectivity index (χ4n) is 1.35. The molecule has 1 aromatic carbocycles. The highest BCUT2D eigenvalue weighted by atomic mass is 35.5. The molecule has 0 aliphatic rings. The van der Waals surface area contributed by atoms with Gasteiger partial charge in [-0.1, -0.05) is 23.2 Å². The van der Waals surface area contributed by atoms with E-state index in [0.717, 1.165) is 6.07 Å². The third kappa shape index (κ3) is 3.00. The first kappa shape index (κ1) is 14.5. The molecule has 4 nitrogen and oxygen atoms in total. The summed E-state index contributed by atoms with van der Waals surface area (Å²) in [4.78, 5) is 11.8. The van der Waals surface area contributed by atoms with Crippen LogP contribution >= 0.6 is 23.2 Å². The third-order valence-corrected chi connectivity index (χ3v) is 2.67. The summed E-state index contributed by atoms with van der Waals surface area (Å²) in [6, 6.07) is 1.93. The van der Waals surface area contributed by atoms with Crippen LogP contribution in [0.4, 0.5) is 18.9 Å². The summed E-state index contributed by atoms with van der Waals surface area (Å²) in [6.07, 6.45) is 0. The van der Waals surface area contributed by atoms with E-state index in [-0.39, 0.29) is 15.9 Å². The van der Waals surface area contributed by atoms with E-state index in [0.29, 0.717) is 12.1 Å². The van der Waals surface area contributed by atoms with Crippen LogP contribution in [0, 0.1) is 17.5 Å². The van der Waals surface area contributed by atoms with Crippen molar-refractivity contribution < 1.29 is 18.0 Å². The topological polar surface area (TPSA) is 54.9 Å². The van der Waals surface area contributed by atoms with E-state index in [9.17, 15) is 18.0 Å². The fourth-order valence-corrected chi connectivity index (χ4v) is 1.68. The summed E-state index contributed by atoms with van der Waals surface area (Å²) in [6.45, 7) is 0. The zero-order valence-electron chi connectivity index (χ0n) is 9.42. The Kier molecular flexibility index (Phi) is 4.10. The van der Waals surface area contributed by atoms with Gasteiger partial charge in [0, 0.05) is 12.1 Å². The first-order valence-corrected chi connectivity index (χ1v) is 5.78. The maximum Gasteiger partial charge on any atom is 0.259 e. The van der Waals surface area contributed by atoms with Crippen LogP contribution in [0.1, 0.15) is 10.4 Å². The highest BCUT2D eigenvalue weighted by molar-refractivity contribution is 6.34. The minimum Gasteiger partial charge on any atom is -0.317 e. The lowest BCUT2D eigenvalue weighted by atomic mass is 10.2. The average Bonchev–Trinajstić information content (AvgIpc) is 2.36. The standard InChI is InChI=1S/C11H4Cl2F3N3O/c12-8-3-5(10(13)19-18-8)11(20)17-9-6(15)1-4(14)2-7(9)16/h1-3H,(H,17,20). The minimum absolute atomic E-state index is 0.125. The first-order valence-electron chi connectivity index (χ1n) is 5.03. The Morgan fingerprint density at radius 1 is 1.05 bits per heavy atom. The number of hydrogen-bond donors (Lipinski definition) is 1. The molecule has 0 atom stereocenters. The van der Waals surface area contributed by atoms with Crippen molar-refractivity contribution in [1.82, 2.24) is 10.2 Å². The lowest BCUT2D eigenvalue weighted by molar-refractivity contribution is 0.102. The number of benzene rings is 1. The van der Waals surface area contributed by atoms with Gasteiger partial charge in [-0.25, -0.2) is 13.2 Å². The molecule has 0 bridgehead atoms. The van der Waals surface area contributed by atoms with Crippen molar-refractivity contribution in [2.45, 2.75) is 0 Å². The third-order valence-electron chi connectivity index (χ3n) is 2.21. The van der Waals surface area contributed by atoms with E-state index >= 15 is 0 Å². The van der Waals surface area contributed by atoms with Crippen LogP contribution in [0.5, 0.6) is 0 Å². The molecule has 0 saturated heterocycles. The number of aromatic nitrogens is 2. The Balaban J connectivity index is 2.35. The van der Waals surface area contributed by atoms with Crippen molar-refractivity contribution in [1.29, 1.82) is 0 Å². The van der Waals surface area contributed by atoms with Gasteiger partial charge in [-0.3, -0.25) is 4.79 Å². The summed E-state index contributed by atoms with van der Waals surface area (Å²) in [5, 5.41) is 8.26. The maximum atomic E-state index is 13.4. The van der Waals surface area contributed by atoms with Gasteiger partial charge in [0.25, 0.3) is 5.91 Å². The van der Waals surface area contributed by atoms with Crippen LogP contribution in [0.3, 0.4) is 0 Å². The van der Waals surface area contributed by atoms with Crippen LogP contribution in [-0.4, -0.2) is 16.1 Å². The zero-order chi connectivity index (χ0) is 14.9. The van der Waals surface area contributed by atoms with Crippen molar-refractivity contribution in [2.75, 3.05) is 5.32 Å². The zero-order valence-corrected chi connectivity index (χ0v) is 10.9. The SMILES string of the molecule is O=C(Nc1c(F)cc(F)cc1F)c1cc(Cl)nnc1Cl. The van der Waals surface area contributed by atoms with E-state index in [2.05, 4.69) is 10.2 Å². The van der Waals surface area contributed by atoms with Crippen LogP contribution in [0.25, 0.3) is 0 Å². The quantitative estimate of drug-likeness (QED) is 0.921. The molecule has 104 valence electrons. The van der Waals surface area contributed by atoms with Gasteiger partial charge in [0.1, 0.15) is 11.5 Å². The number of halogens is 5. The molecular formula is C11H4Cl2F3N3O. The lowest BCUT2D eigenvalue weighted by Crippen LogP contribution is -2.16. The van der Waals surface area contributed by atoms with Gasteiger partial charge in [0.2, 0.25) is 0 Å². The fraction of sp³-hybridized carbons (Fsp3) is 0. The molecule has 1 heterocycles. The first-order chi connectivity index (χ1) is 9.38. The van der Waals surface area contributed by atoms with Gasteiger partial charge in [-0.05, 0) is 6.07 Å². The molecule has 0 fully saturated rings. The van der Waals surface area contributed by atoms with Gasteiger partial charge in [-0.15, -0.1) is 10.2 Å². The van der Waals surface area contributed by atoms with Crippen molar-refractivity contribution in [2.24, 2.45) is 0 Å². The average molecular weight is 322 g/mol. The summed E-state index contributed by atoms with van der Waals surface area (Å²) in [5.41, 5.74) is -1.03. The predicted octanol–water partition coefficient (Wildman–Crippen LogP) is 3.45. The Hall–Kier alpha value is -1.86. The van der Waals surface area contributed by atoms with E-state index in [1.54, 1.807) is 0 Å². The molecule has 1 aromatic heterocycles. The number of rotatable bonds is 2. The van der Waals surface area contributed by atoms with Gasteiger partial charge in [0.05, 0.1) is 5.56 Å². The van der Waals surface area contributed by atoms with Crippen molar-refractivity contribution >= 4 is 34.8 Å². The van der Waals surface area contributed by atoms with Crippen LogP contribution in [0.15, 0.2) is 18.2 Å². The van der Waals surface area contributed by atoms with Gasteiger partial charge >= 0.3 is 0 Å². The largest absolute Gasteiger partial charge is 0.317 e. The molecule has 0 radical (unpaired) electrons. The van der Waals surface area contributed by atoms with E-state index in [1.165, 1.54) is 0 Å². The summed E-state index contributed by atoms with van der Waals surface area (Å²) < 4.78 is 39.5. The van der Waals surface area contributed by atoms with Crippen molar-refractivity contribution in [3.63, 3.8) is 0 Å². The molecule has 9 heteroatoms. The molecule has 1 N–H and O–H groups in total. The van der Waals surface area contributed by atoms with Gasteiger partial charge in [-0.2, -0.15) is 0 Å². The molecule has 0 aliphatic carbocycles. The van der Waals surface area contributed by atoms with Crippen molar-refractivity contribution in [3.8, 4) is 0 Å². The van der Waals surface area contributed by atoms with Gasteiger partial charge < -0.3 is 5.32 Å². The molecule has 1 amide bonds. The molecule has 2 aromatic rings. The molecule has 0 saturated carbocycles. The summed E-state index contributed by atoms with van der Waals surface area (Å²) >= 11 is 11.2. The van der Waals surface area contributed by atoms with Crippen LogP contribution in [0.2, 0.25) is 10.3 Å². The highest BCUT2D eigenvalue weighted by Gasteiger charge is 2.18. The number of nitrogens with zero attached hydrogens (tertiary/aromatic N) is 2. The van der Waals surface area contributed by atoms with Crippen LogP contribution in [-0.2, 0) is 0 Å². The molecule has 20 heavy (non-hydrogen) atoms. The van der Waals surface area contributed by atoms with E-state index in [4.69, 9.17) is 23.2 Å². The predicted molar refractivity (Wildman–Crippen MR) is 66.3 cm³/mol. The number of anilines is 1.